The lowest BCUT2D eigenvalue weighted by Crippen LogP contribution is -2.34. The van der Waals surface area contributed by atoms with E-state index in [2.05, 4.69) is 30.4 Å². The third-order valence-electron chi connectivity index (χ3n) is 5.53. The molecule has 2 aromatic rings. The quantitative estimate of drug-likeness (QED) is 0.622. The van der Waals surface area contributed by atoms with Gasteiger partial charge in [-0.05, 0) is 56.7 Å². The molecule has 2 aliphatic rings. The molecule has 0 aliphatic carbocycles. The van der Waals surface area contributed by atoms with Crippen LogP contribution in [0.15, 0.2) is 18.2 Å². The minimum Gasteiger partial charge on any atom is -0.387 e. The molecule has 4 rings (SSSR count). The smallest absolute Gasteiger partial charge is 0.250 e. The molecule has 0 radical (unpaired) electrons. The molecular formula is C21H28ClN7O2. The molecule has 1 amide bonds. The summed E-state index contributed by atoms with van der Waals surface area (Å²) in [6.45, 7) is 3.21. The Morgan fingerprint density at radius 1 is 0.935 bits per heavy atom. The van der Waals surface area contributed by atoms with Gasteiger partial charge in [0.1, 0.15) is 6.61 Å². The summed E-state index contributed by atoms with van der Waals surface area (Å²) in [5.74, 6) is 1.36. The maximum absolute atomic E-state index is 11.4. The third-order valence-corrected chi connectivity index (χ3v) is 5.85. The average molecular weight is 446 g/mol. The number of amides is 1. The summed E-state index contributed by atoms with van der Waals surface area (Å²) in [4.78, 5) is 30.0. The van der Waals surface area contributed by atoms with Crippen LogP contribution in [0.3, 0.4) is 0 Å². The first-order chi connectivity index (χ1) is 15.1. The van der Waals surface area contributed by atoms with Crippen LogP contribution in [0, 0.1) is 0 Å². The first kappa shape index (κ1) is 21.6. The number of aromatic nitrogens is 3. The number of aliphatic hydroxyl groups excluding tert-OH is 1. The Morgan fingerprint density at radius 3 is 2.03 bits per heavy atom. The summed E-state index contributed by atoms with van der Waals surface area (Å²) in [6.07, 6.45) is 7.05. The minimum absolute atomic E-state index is 0.355. The molecule has 0 atom stereocenters. The van der Waals surface area contributed by atoms with Crippen molar-refractivity contribution in [3.05, 3.63) is 23.2 Å². The van der Waals surface area contributed by atoms with Gasteiger partial charge in [0.2, 0.25) is 23.8 Å². The van der Waals surface area contributed by atoms with Crippen molar-refractivity contribution < 1.29 is 9.90 Å². The van der Waals surface area contributed by atoms with Crippen LogP contribution in [0.4, 0.5) is 29.2 Å². The van der Waals surface area contributed by atoms with Crippen LogP contribution in [0.1, 0.15) is 38.5 Å². The van der Waals surface area contributed by atoms with Crippen molar-refractivity contribution in [3.63, 3.8) is 0 Å². The van der Waals surface area contributed by atoms with Crippen LogP contribution in [0.5, 0.6) is 0 Å². The summed E-state index contributed by atoms with van der Waals surface area (Å²) in [7, 11) is 0. The van der Waals surface area contributed by atoms with Crippen molar-refractivity contribution in [1.29, 1.82) is 0 Å². The van der Waals surface area contributed by atoms with Crippen molar-refractivity contribution >= 4 is 46.7 Å². The molecule has 1 aromatic carbocycles. The van der Waals surface area contributed by atoms with Gasteiger partial charge in [-0.15, -0.1) is 0 Å². The normalized spacial score (nSPS) is 16.8. The highest BCUT2D eigenvalue weighted by Gasteiger charge is 2.20. The Kier molecular flexibility index (Phi) is 7.03. The molecule has 10 heteroatoms. The lowest BCUT2D eigenvalue weighted by molar-refractivity contribution is -0.118. The Balaban J connectivity index is 1.59. The van der Waals surface area contributed by atoms with Crippen molar-refractivity contribution in [1.82, 2.24) is 15.0 Å². The SMILES string of the molecule is O=C(CO)Nc1ccc(Nc2nc(N3CCCCC3)nc(N3CCCCC3)n2)cc1Cl. The van der Waals surface area contributed by atoms with E-state index in [4.69, 9.17) is 21.7 Å². The van der Waals surface area contributed by atoms with Crippen molar-refractivity contribution in [3.8, 4) is 0 Å². The zero-order chi connectivity index (χ0) is 21.6. The maximum Gasteiger partial charge on any atom is 0.250 e. The number of piperidine rings is 2. The van der Waals surface area contributed by atoms with Crippen LogP contribution in [0.25, 0.3) is 0 Å². The standard InChI is InChI=1S/C21H28ClN7O2/c22-16-13-15(7-8-17(16)24-18(31)14-30)23-19-25-20(28-9-3-1-4-10-28)27-21(26-19)29-11-5-2-6-12-29/h7-8,13,30H,1-6,9-12,14H2,(H,24,31)(H,23,25,26,27). The number of nitrogens with one attached hydrogen (secondary N) is 2. The van der Waals surface area contributed by atoms with Crippen LogP contribution < -0.4 is 20.4 Å². The number of carbonyl (C=O) groups excluding carboxylic acids is 1. The molecule has 166 valence electrons. The van der Waals surface area contributed by atoms with Crippen molar-refractivity contribution in [2.45, 2.75) is 38.5 Å². The highest BCUT2D eigenvalue weighted by molar-refractivity contribution is 6.34. The second-order valence-corrected chi connectivity index (χ2v) is 8.29. The fraction of sp³-hybridized carbons (Fsp3) is 0.524. The Bertz CT molecular complexity index is 878. The van der Waals surface area contributed by atoms with E-state index in [9.17, 15) is 4.79 Å². The van der Waals surface area contributed by atoms with E-state index in [1.54, 1.807) is 18.2 Å². The fourth-order valence-electron chi connectivity index (χ4n) is 3.89. The molecule has 0 unspecified atom stereocenters. The van der Waals surface area contributed by atoms with Gasteiger partial charge in [-0.3, -0.25) is 4.79 Å². The van der Waals surface area contributed by atoms with Gasteiger partial charge in [0.15, 0.2) is 0 Å². The molecule has 31 heavy (non-hydrogen) atoms. The molecule has 9 nitrogen and oxygen atoms in total. The molecule has 3 heterocycles. The van der Waals surface area contributed by atoms with Gasteiger partial charge in [0.05, 0.1) is 10.7 Å². The number of aliphatic hydroxyl groups is 1. The van der Waals surface area contributed by atoms with Crippen LogP contribution >= 0.6 is 11.6 Å². The second-order valence-electron chi connectivity index (χ2n) is 7.88. The van der Waals surface area contributed by atoms with E-state index >= 15 is 0 Å². The largest absolute Gasteiger partial charge is 0.387 e. The van der Waals surface area contributed by atoms with Gasteiger partial charge in [0.25, 0.3) is 0 Å². The van der Waals surface area contributed by atoms with E-state index in [1.165, 1.54) is 12.8 Å². The average Bonchev–Trinajstić information content (AvgIpc) is 2.81. The van der Waals surface area contributed by atoms with E-state index in [-0.39, 0.29) is 0 Å². The Labute approximate surface area is 186 Å². The van der Waals surface area contributed by atoms with Gasteiger partial charge in [0, 0.05) is 31.9 Å². The second kappa shape index (κ2) is 10.1. The zero-order valence-electron chi connectivity index (χ0n) is 17.5. The summed E-state index contributed by atoms with van der Waals surface area (Å²) in [6, 6.07) is 5.15. The third kappa shape index (κ3) is 5.54. The maximum atomic E-state index is 11.4. The van der Waals surface area contributed by atoms with Gasteiger partial charge in [-0.1, -0.05) is 11.6 Å². The highest BCUT2D eigenvalue weighted by Crippen LogP contribution is 2.28. The number of rotatable bonds is 6. The van der Waals surface area contributed by atoms with Crippen molar-refractivity contribution in [2.75, 3.05) is 53.2 Å². The van der Waals surface area contributed by atoms with Crippen LogP contribution in [0.2, 0.25) is 5.02 Å². The lowest BCUT2D eigenvalue weighted by atomic mass is 10.1. The lowest BCUT2D eigenvalue weighted by Gasteiger charge is -2.30. The zero-order valence-corrected chi connectivity index (χ0v) is 18.2. The molecule has 1 aromatic heterocycles. The first-order valence-electron chi connectivity index (χ1n) is 10.9. The predicted octanol–water partition coefficient (Wildman–Crippen LogP) is 3.18. The van der Waals surface area contributed by atoms with Crippen LogP contribution in [-0.4, -0.2) is 58.8 Å². The van der Waals surface area contributed by atoms with Gasteiger partial charge in [-0.2, -0.15) is 15.0 Å². The summed E-state index contributed by atoms with van der Waals surface area (Å²) in [5, 5.41) is 15.0. The minimum atomic E-state index is -0.597. The molecule has 0 saturated carbocycles. The monoisotopic (exact) mass is 445 g/mol. The number of hydrogen-bond acceptors (Lipinski definition) is 8. The molecule has 0 spiro atoms. The predicted molar refractivity (Wildman–Crippen MR) is 122 cm³/mol. The number of anilines is 5. The number of halogens is 1. The van der Waals surface area contributed by atoms with Gasteiger partial charge >= 0.3 is 0 Å². The Hall–Kier alpha value is -2.65. The molecule has 3 N–H and O–H groups in total. The van der Waals surface area contributed by atoms with E-state index in [0.717, 1.165) is 51.9 Å². The van der Waals surface area contributed by atoms with E-state index in [0.29, 0.717) is 34.2 Å². The number of hydrogen-bond donors (Lipinski definition) is 3. The van der Waals surface area contributed by atoms with Gasteiger partial charge in [-0.25, -0.2) is 0 Å². The fourth-order valence-corrected chi connectivity index (χ4v) is 4.12. The topological polar surface area (TPSA) is 107 Å². The molecule has 0 bridgehead atoms. The molecule has 2 aliphatic heterocycles. The number of benzene rings is 1. The highest BCUT2D eigenvalue weighted by atomic mass is 35.5. The molecule has 2 fully saturated rings. The molecular weight excluding hydrogens is 418 g/mol. The number of nitrogens with zero attached hydrogens (tertiary/aromatic N) is 5. The summed E-state index contributed by atoms with van der Waals surface area (Å²) < 4.78 is 0. The summed E-state index contributed by atoms with van der Waals surface area (Å²) in [5.41, 5.74) is 1.14. The van der Waals surface area contributed by atoms with Crippen molar-refractivity contribution in [2.24, 2.45) is 0 Å². The first-order valence-corrected chi connectivity index (χ1v) is 11.2. The van der Waals surface area contributed by atoms with E-state index < -0.39 is 12.5 Å². The van der Waals surface area contributed by atoms with Gasteiger partial charge < -0.3 is 25.5 Å². The molecule has 2 saturated heterocycles. The van der Waals surface area contributed by atoms with Crippen LogP contribution in [-0.2, 0) is 4.79 Å². The number of carbonyl (C=O) groups is 1. The van der Waals surface area contributed by atoms with E-state index in [1.807, 2.05) is 0 Å². The Morgan fingerprint density at radius 2 is 1.52 bits per heavy atom. The summed E-state index contributed by atoms with van der Waals surface area (Å²) >= 11 is 6.30.